The molecule has 0 bridgehead atoms. The van der Waals surface area contributed by atoms with Gasteiger partial charge in [0.05, 0.1) is 11.5 Å². The average molecular weight is 377 g/mol. The lowest BCUT2D eigenvalue weighted by Crippen LogP contribution is -2.46. The molecule has 0 aliphatic carbocycles. The molecule has 0 saturated carbocycles. The SMILES string of the molecule is CCCCCOc1ccc(S(=O)(=O)N2CCCC(NC)C2)cc1.Cl. The Bertz CT molecular complexity index is 578. The third-order valence-corrected chi connectivity index (χ3v) is 6.15. The third kappa shape index (κ3) is 5.62. The monoisotopic (exact) mass is 376 g/mol. The van der Waals surface area contributed by atoms with Crippen LogP contribution < -0.4 is 10.1 Å². The van der Waals surface area contributed by atoms with E-state index < -0.39 is 10.0 Å². The van der Waals surface area contributed by atoms with E-state index >= 15 is 0 Å². The van der Waals surface area contributed by atoms with Gasteiger partial charge in [-0.3, -0.25) is 0 Å². The molecule has 2 rings (SSSR count). The number of halogens is 1. The van der Waals surface area contributed by atoms with Gasteiger partial charge < -0.3 is 10.1 Å². The van der Waals surface area contributed by atoms with Crippen molar-refractivity contribution in [1.82, 2.24) is 9.62 Å². The number of likely N-dealkylation sites (N-methyl/N-ethyl adjacent to an activating group) is 1. The summed E-state index contributed by atoms with van der Waals surface area (Å²) >= 11 is 0. The summed E-state index contributed by atoms with van der Waals surface area (Å²) in [4.78, 5) is 0.343. The fraction of sp³-hybridized carbons (Fsp3) is 0.647. The molecule has 138 valence electrons. The van der Waals surface area contributed by atoms with Gasteiger partial charge in [-0.1, -0.05) is 19.8 Å². The van der Waals surface area contributed by atoms with E-state index in [1.165, 1.54) is 0 Å². The van der Waals surface area contributed by atoms with Crippen molar-refractivity contribution in [3.63, 3.8) is 0 Å². The van der Waals surface area contributed by atoms with E-state index in [0.717, 1.165) is 37.9 Å². The van der Waals surface area contributed by atoms with Gasteiger partial charge in [0.15, 0.2) is 0 Å². The van der Waals surface area contributed by atoms with E-state index in [1.807, 2.05) is 7.05 Å². The maximum atomic E-state index is 12.7. The summed E-state index contributed by atoms with van der Waals surface area (Å²) in [6.07, 6.45) is 5.24. The molecule has 0 spiro atoms. The maximum Gasteiger partial charge on any atom is 0.243 e. The number of rotatable bonds is 8. The molecule has 1 aromatic rings. The molecule has 1 aliphatic rings. The summed E-state index contributed by atoms with van der Waals surface area (Å²) in [6.45, 7) is 3.96. The Morgan fingerprint density at radius 1 is 1.25 bits per heavy atom. The van der Waals surface area contributed by atoms with Crippen LogP contribution in [0.5, 0.6) is 5.75 Å². The molecule has 0 aromatic heterocycles. The average Bonchev–Trinajstić information content (AvgIpc) is 2.59. The Balaban J connectivity index is 0.00000288. The van der Waals surface area contributed by atoms with Crippen molar-refractivity contribution >= 4 is 22.4 Å². The van der Waals surface area contributed by atoms with Crippen molar-refractivity contribution in [1.29, 1.82) is 0 Å². The lowest BCUT2D eigenvalue weighted by molar-refractivity contribution is 0.292. The van der Waals surface area contributed by atoms with Crippen LogP contribution in [0.15, 0.2) is 29.2 Å². The first-order valence-electron chi connectivity index (χ1n) is 8.48. The molecule has 1 atom stereocenters. The topological polar surface area (TPSA) is 58.6 Å². The van der Waals surface area contributed by atoms with Gasteiger partial charge in [0.2, 0.25) is 10.0 Å². The summed E-state index contributed by atoms with van der Waals surface area (Å²) in [7, 11) is -1.53. The van der Waals surface area contributed by atoms with Gasteiger partial charge in [-0.2, -0.15) is 4.31 Å². The zero-order valence-electron chi connectivity index (χ0n) is 14.5. The smallest absolute Gasteiger partial charge is 0.243 e. The molecular formula is C17H29ClN2O3S. The first kappa shape index (κ1) is 21.2. The van der Waals surface area contributed by atoms with E-state index in [2.05, 4.69) is 12.2 Å². The summed E-state index contributed by atoms with van der Waals surface area (Å²) in [6, 6.07) is 7.03. The van der Waals surface area contributed by atoms with Gasteiger partial charge in [0.1, 0.15) is 5.75 Å². The van der Waals surface area contributed by atoms with Crippen LogP contribution in [0.2, 0.25) is 0 Å². The van der Waals surface area contributed by atoms with Gasteiger partial charge >= 0.3 is 0 Å². The van der Waals surface area contributed by atoms with Gasteiger partial charge in [0.25, 0.3) is 0 Å². The molecular weight excluding hydrogens is 348 g/mol. The van der Waals surface area contributed by atoms with Crippen LogP contribution in [0.4, 0.5) is 0 Å². The zero-order valence-corrected chi connectivity index (χ0v) is 16.2. The number of hydrogen-bond acceptors (Lipinski definition) is 4. The molecule has 1 saturated heterocycles. The van der Waals surface area contributed by atoms with E-state index in [0.29, 0.717) is 24.6 Å². The maximum absolute atomic E-state index is 12.7. The van der Waals surface area contributed by atoms with Gasteiger partial charge in [0, 0.05) is 19.1 Å². The van der Waals surface area contributed by atoms with E-state index in [4.69, 9.17) is 4.74 Å². The summed E-state index contributed by atoms with van der Waals surface area (Å²) in [5.41, 5.74) is 0. The van der Waals surface area contributed by atoms with E-state index in [9.17, 15) is 8.42 Å². The van der Waals surface area contributed by atoms with E-state index in [1.54, 1.807) is 28.6 Å². The van der Waals surface area contributed by atoms with Crippen molar-refractivity contribution in [2.75, 3.05) is 26.7 Å². The molecule has 1 fully saturated rings. The molecule has 0 radical (unpaired) electrons. The second-order valence-electron chi connectivity index (χ2n) is 6.02. The predicted molar refractivity (Wildman–Crippen MR) is 99.6 cm³/mol. The fourth-order valence-corrected chi connectivity index (χ4v) is 4.32. The van der Waals surface area contributed by atoms with Crippen molar-refractivity contribution in [2.45, 2.75) is 50.0 Å². The number of nitrogens with one attached hydrogen (secondary N) is 1. The Hall–Kier alpha value is -0.820. The third-order valence-electron chi connectivity index (χ3n) is 4.27. The standard InChI is InChI=1S/C17H28N2O3S.ClH/c1-3-4-5-13-22-16-8-10-17(11-9-16)23(20,21)19-12-6-7-15(14-19)18-2;/h8-11,15,18H,3-7,12-14H2,1-2H3;1H. The number of sulfonamides is 1. The Morgan fingerprint density at radius 3 is 2.58 bits per heavy atom. The van der Waals surface area contributed by atoms with Crippen molar-refractivity contribution in [2.24, 2.45) is 0 Å². The van der Waals surface area contributed by atoms with Gasteiger partial charge in [-0.25, -0.2) is 8.42 Å². The number of hydrogen-bond donors (Lipinski definition) is 1. The van der Waals surface area contributed by atoms with Crippen LogP contribution in [-0.2, 0) is 10.0 Å². The van der Waals surface area contributed by atoms with Crippen LogP contribution in [0.25, 0.3) is 0 Å². The van der Waals surface area contributed by atoms with Crippen LogP contribution in [-0.4, -0.2) is 45.5 Å². The molecule has 0 amide bonds. The molecule has 24 heavy (non-hydrogen) atoms. The summed E-state index contributed by atoms with van der Waals surface area (Å²) in [5.74, 6) is 0.729. The minimum atomic E-state index is -3.41. The predicted octanol–water partition coefficient (Wildman–Crippen LogP) is 3.05. The molecule has 1 N–H and O–H groups in total. The number of nitrogens with zero attached hydrogens (tertiary/aromatic N) is 1. The quantitative estimate of drug-likeness (QED) is 0.708. The molecule has 1 aromatic carbocycles. The van der Waals surface area contributed by atoms with Crippen LogP contribution in [0, 0.1) is 0 Å². The fourth-order valence-electron chi connectivity index (χ4n) is 2.80. The number of benzene rings is 1. The highest BCUT2D eigenvalue weighted by Crippen LogP contribution is 2.23. The molecule has 1 heterocycles. The number of piperidine rings is 1. The highest BCUT2D eigenvalue weighted by atomic mass is 35.5. The van der Waals surface area contributed by atoms with Gasteiger partial charge in [-0.05, 0) is 50.6 Å². The van der Waals surface area contributed by atoms with Crippen molar-refractivity contribution in [3.8, 4) is 5.75 Å². The molecule has 7 heteroatoms. The summed E-state index contributed by atoms with van der Waals surface area (Å²) < 4.78 is 32.6. The van der Waals surface area contributed by atoms with Crippen LogP contribution in [0.1, 0.15) is 39.0 Å². The van der Waals surface area contributed by atoms with Crippen LogP contribution in [0.3, 0.4) is 0 Å². The highest BCUT2D eigenvalue weighted by Gasteiger charge is 2.29. The highest BCUT2D eigenvalue weighted by molar-refractivity contribution is 7.89. The summed E-state index contributed by atoms with van der Waals surface area (Å²) in [5, 5.41) is 3.17. The number of ether oxygens (including phenoxy) is 1. The first-order valence-corrected chi connectivity index (χ1v) is 9.92. The van der Waals surface area contributed by atoms with Gasteiger partial charge in [-0.15, -0.1) is 12.4 Å². The largest absolute Gasteiger partial charge is 0.494 e. The minimum absolute atomic E-state index is 0. The minimum Gasteiger partial charge on any atom is -0.494 e. The zero-order chi connectivity index (χ0) is 16.7. The Kier molecular flexibility index (Phi) is 9.05. The number of unbranched alkanes of at least 4 members (excludes halogenated alkanes) is 2. The second kappa shape index (κ2) is 10.2. The van der Waals surface area contributed by atoms with Crippen molar-refractivity contribution in [3.05, 3.63) is 24.3 Å². The lowest BCUT2D eigenvalue weighted by atomic mass is 10.1. The van der Waals surface area contributed by atoms with Crippen LogP contribution >= 0.6 is 12.4 Å². The second-order valence-corrected chi connectivity index (χ2v) is 7.96. The lowest BCUT2D eigenvalue weighted by Gasteiger charge is -2.31. The molecule has 1 aliphatic heterocycles. The van der Waals surface area contributed by atoms with Crippen molar-refractivity contribution < 1.29 is 13.2 Å². The van der Waals surface area contributed by atoms with E-state index in [-0.39, 0.29) is 18.4 Å². The molecule has 5 nitrogen and oxygen atoms in total. The normalized spacial score (nSPS) is 18.8. The Labute approximate surface area is 152 Å². The first-order chi connectivity index (χ1) is 11.1. The Morgan fingerprint density at radius 2 is 1.96 bits per heavy atom. The molecule has 1 unspecified atom stereocenters.